The largest absolute Gasteiger partial charge is 0.490 e. The molecule has 0 unspecified atom stereocenters. The predicted molar refractivity (Wildman–Crippen MR) is 140 cm³/mol. The van der Waals surface area contributed by atoms with Crippen LogP contribution in [0.4, 0.5) is 5.69 Å². The maximum Gasteiger partial charge on any atom is 0.267 e. The summed E-state index contributed by atoms with van der Waals surface area (Å²) in [5.41, 5.74) is 2.61. The molecule has 7 heteroatoms. The number of benzene rings is 3. The van der Waals surface area contributed by atoms with Gasteiger partial charge in [0.15, 0.2) is 23.3 Å². The van der Waals surface area contributed by atoms with Crippen molar-refractivity contribution in [2.24, 2.45) is 4.99 Å². The molecule has 0 N–H and O–H groups in total. The summed E-state index contributed by atoms with van der Waals surface area (Å²) < 4.78 is 11.2. The van der Waals surface area contributed by atoms with Gasteiger partial charge in [-0.15, -0.1) is 0 Å². The Labute approximate surface area is 209 Å². The van der Waals surface area contributed by atoms with E-state index in [4.69, 9.17) is 19.7 Å². The number of carbonyl (C=O) groups is 1. The number of amidine groups is 1. The summed E-state index contributed by atoms with van der Waals surface area (Å²) in [5.74, 6) is 0.913. The van der Waals surface area contributed by atoms with Gasteiger partial charge in [-0.1, -0.05) is 54.6 Å². The van der Waals surface area contributed by atoms with Crippen molar-refractivity contribution in [1.82, 2.24) is 4.90 Å². The Morgan fingerprint density at radius 3 is 2.43 bits per heavy atom. The molecule has 0 saturated carbocycles. The van der Waals surface area contributed by atoms with Crippen molar-refractivity contribution in [2.45, 2.75) is 19.9 Å². The van der Waals surface area contributed by atoms with Crippen LogP contribution in [-0.4, -0.2) is 29.2 Å². The van der Waals surface area contributed by atoms with E-state index in [1.54, 1.807) is 11.0 Å². The molecule has 1 saturated heterocycles. The number of nitriles is 1. The Balaban J connectivity index is 1.71. The molecule has 3 aromatic rings. The number of amides is 1. The normalized spacial score (nSPS) is 16.4. The zero-order valence-corrected chi connectivity index (χ0v) is 20.4. The van der Waals surface area contributed by atoms with Gasteiger partial charge in [0.1, 0.15) is 6.07 Å². The molecule has 1 amide bonds. The molecule has 6 nitrogen and oxygen atoms in total. The van der Waals surface area contributed by atoms with E-state index in [2.05, 4.69) is 0 Å². The molecule has 0 aliphatic carbocycles. The fraction of sp³-hybridized carbons (Fsp3) is 0.179. The van der Waals surface area contributed by atoms with E-state index in [0.717, 1.165) is 16.8 Å². The van der Waals surface area contributed by atoms with Gasteiger partial charge in [-0.2, -0.15) is 5.26 Å². The number of aliphatic imine (C=N–C) groups is 1. The summed E-state index contributed by atoms with van der Waals surface area (Å²) in [6.45, 7) is 4.27. The number of hydrogen-bond donors (Lipinski definition) is 0. The van der Waals surface area contributed by atoms with E-state index in [-0.39, 0.29) is 18.6 Å². The lowest BCUT2D eigenvalue weighted by Crippen LogP contribution is -2.32. The average molecular weight is 484 g/mol. The number of para-hydroxylation sites is 1. The number of carbonyl (C=O) groups excluding carboxylic acids is 1. The fourth-order valence-electron chi connectivity index (χ4n) is 3.66. The Morgan fingerprint density at radius 2 is 1.74 bits per heavy atom. The fourth-order valence-corrected chi connectivity index (χ4v) is 4.73. The van der Waals surface area contributed by atoms with Crippen LogP contribution in [0, 0.1) is 11.3 Å². The van der Waals surface area contributed by atoms with Crippen molar-refractivity contribution in [3.8, 4) is 17.6 Å². The molecule has 1 aliphatic heterocycles. The van der Waals surface area contributed by atoms with Crippen LogP contribution in [0.15, 0.2) is 88.8 Å². The third-order valence-corrected chi connectivity index (χ3v) is 6.33. The monoisotopic (exact) mass is 483 g/mol. The van der Waals surface area contributed by atoms with E-state index in [1.165, 1.54) is 11.8 Å². The predicted octanol–water partition coefficient (Wildman–Crippen LogP) is 6.35. The zero-order valence-electron chi connectivity index (χ0n) is 19.5. The third-order valence-electron chi connectivity index (χ3n) is 5.34. The maximum atomic E-state index is 13.6. The Bertz CT molecular complexity index is 1280. The Hall–Kier alpha value is -4.02. The average Bonchev–Trinajstić information content (AvgIpc) is 3.18. The van der Waals surface area contributed by atoms with E-state index >= 15 is 0 Å². The number of thioether (sulfide) groups is 1. The summed E-state index contributed by atoms with van der Waals surface area (Å²) >= 11 is 1.35. The van der Waals surface area contributed by atoms with Crippen molar-refractivity contribution in [3.05, 3.63) is 94.9 Å². The van der Waals surface area contributed by atoms with E-state index in [9.17, 15) is 4.79 Å². The number of rotatable bonds is 8. The highest BCUT2D eigenvalue weighted by Gasteiger charge is 2.37. The minimum absolute atomic E-state index is 0.0690. The number of hydrogen-bond acceptors (Lipinski definition) is 6. The number of nitrogens with zero attached hydrogens (tertiary/aromatic N) is 3. The smallest absolute Gasteiger partial charge is 0.267 e. The highest BCUT2D eigenvalue weighted by molar-refractivity contribution is 8.18. The number of ether oxygens (including phenoxy) is 2. The van der Waals surface area contributed by atoms with Gasteiger partial charge in [-0.25, -0.2) is 4.99 Å². The topological polar surface area (TPSA) is 74.9 Å². The first-order valence-electron chi connectivity index (χ1n) is 11.3. The second-order valence-electron chi connectivity index (χ2n) is 7.69. The summed E-state index contributed by atoms with van der Waals surface area (Å²) in [6, 6.07) is 26.7. The van der Waals surface area contributed by atoms with Crippen molar-refractivity contribution in [3.63, 3.8) is 0 Å². The summed E-state index contributed by atoms with van der Waals surface area (Å²) in [7, 11) is 0. The molecule has 0 radical (unpaired) electrons. The first-order chi connectivity index (χ1) is 17.1. The molecular formula is C28H25N3O3S. The van der Waals surface area contributed by atoms with Crippen LogP contribution in [0.3, 0.4) is 0 Å². The van der Waals surface area contributed by atoms with Gasteiger partial charge < -0.3 is 9.47 Å². The van der Waals surface area contributed by atoms with Crippen molar-refractivity contribution in [1.29, 1.82) is 5.26 Å². The van der Waals surface area contributed by atoms with Gasteiger partial charge in [-0.3, -0.25) is 9.69 Å². The molecular weight excluding hydrogens is 458 g/mol. The van der Waals surface area contributed by atoms with Crippen LogP contribution in [0.25, 0.3) is 6.08 Å². The maximum absolute atomic E-state index is 13.6. The van der Waals surface area contributed by atoms with Crippen LogP contribution in [0.2, 0.25) is 0 Å². The Morgan fingerprint density at radius 1 is 1.03 bits per heavy atom. The molecule has 1 heterocycles. The van der Waals surface area contributed by atoms with Gasteiger partial charge >= 0.3 is 0 Å². The SMILES string of the molecule is CCOc1cc(/C=C2/SC(=Nc3ccccc3)N([C@@H](C)c3ccccc3)C2=O)ccc1OCC#N. The quantitative estimate of drug-likeness (QED) is 0.349. The molecule has 1 atom stereocenters. The van der Waals surface area contributed by atoms with E-state index < -0.39 is 0 Å². The standard InChI is InChI=1S/C28H25N3O3S/c1-3-33-25-18-21(14-15-24(25)34-17-16-29)19-26-27(32)31(20(2)22-10-6-4-7-11-22)28(35-26)30-23-12-8-5-9-13-23/h4-15,18-20H,3,17H2,1-2H3/b26-19+,30-28?/t20-/m0/s1. The van der Waals surface area contributed by atoms with E-state index in [0.29, 0.717) is 28.2 Å². The van der Waals surface area contributed by atoms with Gasteiger partial charge in [0.25, 0.3) is 5.91 Å². The van der Waals surface area contributed by atoms with Crippen LogP contribution in [-0.2, 0) is 4.79 Å². The lowest BCUT2D eigenvalue weighted by atomic mass is 10.1. The summed E-state index contributed by atoms with van der Waals surface area (Å²) in [5, 5.41) is 9.45. The molecule has 176 valence electrons. The van der Waals surface area contributed by atoms with E-state index in [1.807, 2.05) is 98.8 Å². The molecule has 0 spiro atoms. The summed E-state index contributed by atoms with van der Waals surface area (Å²) in [4.78, 5) is 20.7. The van der Waals surface area contributed by atoms with Crippen molar-refractivity contribution >= 4 is 34.6 Å². The molecule has 3 aromatic carbocycles. The van der Waals surface area contributed by atoms with Crippen LogP contribution < -0.4 is 9.47 Å². The zero-order chi connectivity index (χ0) is 24.6. The van der Waals surface area contributed by atoms with Crippen LogP contribution >= 0.6 is 11.8 Å². The molecule has 1 fully saturated rings. The summed E-state index contributed by atoms with van der Waals surface area (Å²) in [6.07, 6.45) is 1.84. The van der Waals surface area contributed by atoms with Gasteiger partial charge in [-0.05, 0) is 67.1 Å². The van der Waals surface area contributed by atoms with Gasteiger partial charge in [0.2, 0.25) is 0 Å². The highest BCUT2D eigenvalue weighted by atomic mass is 32.2. The van der Waals surface area contributed by atoms with Crippen LogP contribution in [0.5, 0.6) is 11.5 Å². The molecule has 35 heavy (non-hydrogen) atoms. The van der Waals surface area contributed by atoms with Gasteiger partial charge in [0, 0.05) is 0 Å². The highest BCUT2D eigenvalue weighted by Crippen LogP contribution is 2.40. The second-order valence-corrected chi connectivity index (χ2v) is 8.70. The minimum Gasteiger partial charge on any atom is -0.490 e. The molecule has 0 aromatic heterocycles. The third kappa shape index (κ3) is 5.73. The van der Waals surface area contributed by atoms with Crippen molar-refractivity contribution in [2.75, 3.05) is 13.2 Å². The first kappa shape index (κ1) is 24.1. The van der Waals surface area contributed by atoms with Crippen LogP contribution in [0.1, 0.15) is 31.0 Å². The lowest BCUT2D eigenvalue weighted by molar-refractivity contribution is -0.123. The van der Waals surface area contributed by atoms with Gasteiger partial charge in [0.05, 0.1) is 23.2 Å². The lowest BCUT2D eigenvalue weighted by Gasteiger charge is -2.24. The Kier molecular flexibility index (Phi) is 7.86. The van der Waals surface area contributed by atoms with Crippen molar-refractivity contribution < 1.29 is 14.3 Å². The molecule has 1 aliphatic rings. The molecule has 4 rings (SSSR count). The first-order valence-corrected chi connectivity index (χ1v) is 12.1. The second kappa shape index (κ2) is 11.4. The molecule has 0 bridgehead atoms. The minimum atomic E-state index is -0.190.